The molecule has 0 saturated heterocycles. The van der Waals surface area contributed by atoms with Gasteiger partial charge in [0.05, 0.1) is 24.1 Å². The standard InChI is InChI=1S/C24H22N4/c1-3-27-21-9-10-22(27)14-18-6-8-20(26-18)16-24-12-11-23(28(24)4-2)15-19-7-5-17(13-21)25-19/h5-16H,3-4H2,1-2H3/i9D. The maximum Gasteiger partial charge on any atom is 0.0658 e. The summed E-state index contributed by atoms with van der Waals surface area (Å²) in [4.78, 5) is 9.52. The third-order valence-corrected chi connectivity index (χ3v) is 5.19. The number of aromatic nitrogens is 4. The van der Waals surface area contributed by atoms with Crippen LogP contribution in [0.2, 0.25) is 0 Å². The second-order valence-corrected chi connectivity index (χ2v) is 6.94. The van der Waals surface area contributed by atoms with Crippen molar-refractivity contribution in [3.05, 3.63) is 71.3 Å². The van der Waals surface area contributed by atoms with Crippen molar-refractivity contribution in [1.82, 2.24) is 19.1 Å². The zero-order chi connectivity index (χ0) is 20.0. The minimum absolute atomic E-state index is 0.498. The van der Waals surface area contributed by atoms with E-state index in [1.54, 1.807) is 0 Å². The Kier molecular flexibility index (Phi) is 3.71. The van der Waals surface area contributed by atoms with Crippen LogP contribution in [-0.4, -0.2) is 19.1 Å². The fourth-order valence-corrected chi connectivity index (χ4v) is 3.86. The van der Waals surface area contributed by atoms with E-state index in [0.717, 1.165) is 57.9 Å². The summed E-state index contributed by atoms with van der Waals surface area (Å²) in [5.74, 6) is 0. The van der Waals surface area contributed by atoms with E-state index in [2.05, 4.69) is 47.2 Å². The van der Waals surface area contributed by atoms with Crippen LogP contribution >= 0.6 is 0 Å². The highest BCUT2D eigenvalue weighted by molar-refractivity contribution is 5.78. The number of aryl methyl sites for hydroxylation is 2. The Labute approximate surface area is 165 Å². The van der Waals surface area contributed by atoms with Crippen LogP contribution in [0.1, 0.15) is 38.0 Å². The van der Waals surface area contributed by atoms with Gasteiger partial charge in [-0.15, -0.1) is 0 Å². The van der Waals surface area contributed by atoms with Crippen molar-refractivity contribution in [3.8, 4) is 0 Å². The first-order chi connectivity index (χ1) is 14.1. The molecule has 5 rings (SSSR count). The van der Waals surface area contributed by atoms with Gasteiger partial charge in [-0.1, -0.05) is 0 Å². The van der Waals surface area contributed by atoms with E-state index < -0.39 is 0 Å². The van der Waals surface area contributed by atoms with Gasteiger partial charge in [-0.2, -0.15) is 0 Å². The quantitative estimate of drug-likeness (QED) is 0.405. The van der Waals surface area contributed by atoms with Crippen LogP contribution in [0.5, 0.6) is 0 Å². The fraction of sp³-hybridized carbons (Fsp3) is 0.167. The first-order valence-electron chi connectivity index (χ1n) is 10.2. The summed E-state index contributed by atoms with van der Waals surface area (Å²) in [6, 6.07) is 14.9. The summed E-state index contributed by atoms with van der Waals surface area (Å²) in [5, 5.41) is 0. The molecule has 0 N–H and O–H groups in total. The lowest BCUT2D eigenvalue weighted by molar-refractivity contribution is 0.824. The molecule has 0 fully saturated rings. The molecule has 0 saturated carbocycles. The van der Waals surface area contributed by atoms with Gasteiger partial charge in [0.25, 0.3) is 0 Å². The van der Waals surface area contributed by atoms with Gasteiger partial charge >= 0.3 is 0 Å². The van der Waals surface area contributed by atoms with Gasteiger partial charge in [0.15, 0.2) is 0 Å². The Bertz CT molecular complexity index is 1340. The van der Waals surface area contributed by atoms with Crippen molar-refractivity contribution in [2.75, 3.05) is 0 Å². The second-order valence-electron chi connectivity index (χ2n) is 6.94. The van der Waals surface area contributed by atoms with E-state index >= 15 is 0 Å². The zero-order valence-electron chi connectivity index (χ0n) is 17.1. The highest BCUT2D eigenvalue weighted by atomic mass is 15.0. The average Bonchev–Trinajstić information content (AvgIpc) is 3.46. The molecule has 4 nitrogen and oxygen atoms in total. The van der Waals surface area contributed by atoms with Gasteiger partial charge in [0.1, 0.15) is 0 Å². The van der Waals surface area contributed by atoms with E-state index in [4.69, 9.17) is 11.3 Å². The SMILES string of the molecule is [2H]c1cc2cc3nc(cc4ccc(cc5nc(cc1n2CC)C=C5)n4CC)C=C3. The normalized spacial score (nSPS) is 13.1. The molecule has 0 radical (unpaired) electrons. The molecule has 28 heavy (non-hydrogen) atoms. The Morgan fingerprint density at radius 2 is 1.04 bits per heavy atom. The van der Waals surface area contributed by atoms with Crippen LogP contribution in [-0.2, 0) is 13.1 Å². The van der Waals surface area contributed by atoms with Crippen molar-refractivity contribution in [2.24, 2.45) is 0 Å². The van der Waals surface area contributed by atoms with Crippen LogP contribution in [0.4, 0.5) is 0 Å². The lowest BCUT2D eigenvalue weighted by Crippen LogP contribution is -1.93. The van der Waals surface area contributed by atoms with Crippen molar-refractivity contribution in [2.45, 2.75) is 26.9 Å². The van der Waals surface area contributed by atoms with Gasteiger partial charge in [0, 0.05) is 35.2 Å². The van der Waals surface area contributed by atoms with Crippen LogP contribution in [0.3, 0.4) is 0 Å². The molecule has 2 aliphatic heterocycles. The van der Waals surface area contributed by atoms with Crippen molar-refractivity contribution < 1.29 is 1.37 Å². The Morgan fingerprint density at radius 1 is 0.643 bits per heavy atom. The van der Waals surface area contributed by atoms with Gasteiger partial charge in [-0.25, -0.2) is 9.97 Å². The largest absolute Gasteiger partial charge is 0.342 e. The lowest BCUT2D eigenvalue weighted by atomic mass is 10.3. The van der Waals surface area contributed by atoms with Gasteiger partial charge < -0.3 is 9.13 Å². The first-order valence-corrected chi connectivity index (χ1v) is 9.70. The zero-order valence-corrected chi connectivity index (χ0v) is 16.1. The lowest BCUT2D eigenvalue weighted by Gasteiger charge is -2.01. The predicted octanol–water partition coefficient (Wildman–Crippen LogP) is 5.64. The first kappa shape index (κ1) is 15.6. The van der Waals surface area contributed by atoms with Crippen LogP contribution in [0.15, 0.2) is 48.5 Å². The molecular weight excluding hydrogens is 344 g/mol. The molecule has 8 bridgehead atoms. The predicted molar refractivity (Wildman–Crippen MR) is 117 cm³/mol. The minimum Gasteiger partial charge on any atom is -0.342 e. The summed E-state index contributed by atoms with van der Waals surface area (Å²) < 4.78 is 12.8. The molecule has 0 aromatic carbocycles. The number of hydrogen-bond donors (Lipinski definition) is 0. The van der Waals surface area contributed by atoms with Crippen molar-refractivity contribution >= 4 is 46.4 Å². The molecule has 4 heteroatoms. The molecular formula is C24H22N4. The summed E-state index contributed by atoms with van der Waals surface area (Å²) in [7, 11) is 0. The molecule has 0 unspecified atom stereocenters. The fourth-order valence-electron chi connectivity index (χ4n) is 3.86. The van der Waals surface area contributed by atoms with Crippen molar-refractivity contribution in [3.63, 3.8) is 0 Å². The Balaban J connectivity index is 1.92. The van der Waals surface area contributed by atoms with E-state index in [-0.39, 0.29) is 0 Å². The summed E-state index contributed by atoms with van der Waals surface area (Å²) in [6.07, 6.45) is 8.11. The number of hydrogen-bond acceptors (Lipinski definition) is 2. The third-order valence-electron chi connectivity index (χ3n) is 5.19. The third kappa shape index (κ3) is 2.87. The van der Waals surface area contributed by atoms with Crippen LogP contribution in [0.25, 0.3) is 46.4 Å². The molecule has 0 amide bonds. The maximum atomic E-state index is 8.45. The average molecular weight is 367 g/mol. The molecule has 0 atom stereocenters. The second kappa shape index (κ2) is 6.64. The minimum atomic E-state index is 0.498. The molecule has 3 aromatic rings. The van der Waals surface area contributed by atoms with E-state index in [0.29, 0.717) is 6.04 Å². The molecule has 5 heterocycles. The summed E-state index contributed by atoms with van der Waals surface area (Å²) >= 11 is 0. The van der Waals surface area contributed by atoms with E-state index in [1.165, 1.54) is 0 Å². The van der Waals surface area contributed by atoms with E-state index in [9.17, 15) is 0 Å². The molecule has 2 aliphatic rings. The van der Waals surface area contributed by atoms with Crippen LogP contribution in [0, 0.1) is 0 Å². The molecule has 0 aliphatic carbocycles. The Morgan fingerprint density at radius 3 is 1.50 bits per heavy atom. The maximum absolute atomic E-state index is 8.45. The summed E-state index contributed by atoms with van der Waals surface area (Å²) in [5.41, 5.74) is 7.72. The number of fused-ring (bicyclic) bond motifs is 8. The smallest absolute Gasteiger partial charge is 0.0658 e. The highest BCUT2D eigenvalue weighted by Crippen LogP contribution is 2.20. The molecule has 0 spiro atoms. The van der Waals surface area contributed by atoms with Gasteiger partial charge in [0.2, 0.25) is 0 Å². The van der Waals surface area contributed by atoms with E-state index in [1.807, 2.05) is 42.5 Å². The van der Waals surface area contributed by atoms with Gasteiger partial charge in [-0.05, 0) is 86.7 Å². The molecule has 3 aromatic heterocycles. The number of nitrogens with zero attached hydrogens (tertiary/aromatic N) is 4. The monoisotopic (exact) mass is 367 g/mol. The highest BCUT2D eigenvalue weighted by Gasteiger charge is 2.05. The van der Waals surface area contributed by atoms with Crippen molar-refractivity contribution in [1.29, 1.82) is 0 Å². The number of rotatable bonds is 2. The van der Waals surface area contributed by atoms with Gasteiger partial charge in [-0.3, -0.25) is 0 Å². The Hall–Kier alpha value is -3.40. The van der Waals surface area contributed by atoms with Crippen LogP contribution < -0.4 is 0 Å². The summed E-state index contributed by atoms with van der Waals surface area (Å²) in [6.45, 7) is 5.89. The topological polar surface area (TPSA) is 35.6 Å². The molecule has 138 valence electrons.